The lowest BCUT2D eigenvalue weighted by Gasteiger charge is -2.24. The number of benzene rings is 2. The Morgan fingerprint density at radius 3 is 2.82 bits per heavy atom. The number of aromatic amines is 1. The van der Waals surface area contributed by atoms with Gasteiger partial charge in [-0.1, -0.05) is 41.9 Å². The van der Waals surface area contributed by atoms with Gasteiger partial charge in [0.2, 0.25) is 5.43 Å². The number of H-pyrrole nitrogens is 1. The van der Waals surface area contributed by atoms with E-state index in [0.717, 1.165) is 5.56 Å². The van der Waals surface area contributed by atoms with Gasteiger partial charge in [-0.25, -0.2) is 9.18 Å². The Hall–Kier alpha value is -3.09. The standard InChI is InChI=1S/C21H18BFN2O3/c22-14-8-9-15-16(11-14)24-19(18(23)20(15)26)17-7-4-10-25(17)21(27)28-12-13-5-2-1-3-6-13/h1-3,5-6,8-9,11,17H,4,7,10,12H2,(H,24,26). The predicted octanol–water partition coefficient (Wildman–Crippen LogP) is 2.93. The van der Waals surface area contributed by atoms with Crippen LogP contribution in [0.4, 0.5) is 9.18 Å². The van der Waals surface area contributed by atoms with Crippen molar-refractivity contribution < 1.29 is 13.9 Å². The molecule has 1 fully saturated rings. The molecule has 28 heavy (non-hydrogen) atoms. The number of nitrogens with one attached hydrogen (secondary N) is 1. The average Bonchev–Trinajstić information content (AvgIpc) is 3.19. The fourth-order valence-electron chi connectivity index (χ4n) is 3.62. The van der Waals surface area contributed by atoms with Crippen molar-refractivity contribution >= 4 is 30.3 Å². The van der Waals surface area contributed by atoms with Crippen LogP contribution in [0.15, 0.2) is 53.3 Å². The smallest absolute Gasteiger partial charge is 0.410 e. The Morgan fingerprint density at radius 2 is 2.04 bits per heavy atom. The van der Waals surface area contributed by atoms with Crippen LogP contribution in [0, 0.1) is 5.82 Å². The zero-order chi connectivity index (χ0) is 19.7. The number of amides is 1. The number of carbonyl (C=O) groups excluding carboxylic acids is 1. The van der Waals surface area contributed by atoms with Crippen LogP contribution >= 0.6 is 0 Å². The highest BCUT2D eigenvalue weighted by Crippen LogP contribution is 2.33. The van der Waals surface area contributed by atoms with Gasteiger partial charge in [0.15, 0.2) is 5.82 Å². The monoisotopic (exact) mass is 376 g/mol. The molecule has 2 aromatic carbocycles. The van der Waals surface area contributed by atoms with E-state index >= 15 is 0 Å². The van der Waals surface area contributed by atoms with Gasteiger partial charge in [0.25, 0.3) is 0 Å². The SMILES string of the molecule is [B]c1ccc2c(=O)c(F)c(C3CCCN3C(=O)OCc3ccccc3)[nH]c2c1. The summed E-state index contributed by atoms with van der Waals surface area (Å²) in [6, 6.07) is 13.4. The number of carbonyl (C=O) groups is 1. The minimum Gasteiger partial charge on any atom is -0.445 e. The molecule has 4 rings (SSSR count). The van der Waals surface area contributed by atoms with Gasteiger partial charge in [-0.15, -0.1) is 0 Å². The van der Waals surface area contributed by atoms with Gasteiger partial charge < -0.3 is 9.72 Å². The Balaban J connectivity index is 1.62. The molecule has 140 valence electrons. The summed E-state index contributed by atoms with van der Waals surface area (Å²) >= 11 is 0. The Kier molecular flexibility index (Phi) is 4.90. The first-order valence-corrected chi connectivity index (χ1v) is 9.13. The van der Waals surface area contributed by atoms with Crippen LogP contribution in [0.5, 0.6) is 0 Å². The fourth-order valence-corrected chi connectivity index (χ4v) is 3.62. The molecule has 0 spiro atoms. The van der Waals surface area contributed by atoms with E-state index in [1.54, 1.807) is 12.1 Å². The molecule has 3 aromatic rings. The van der Waals surface area contributed by atoms with Crippen molar-refractivity contribution in [2.45, 2.75) is 25.5 Å². The summed E-state index contributed by atoms with van der Waals surface area (Å²) in [6.45, 7) is 0.574. The first-order chi connectivity index (χ1) is 13.5. The lowest BCUT2D eigenvalue weighted by molar-refractivity contribution is 0.0910. The van der Waals surface area contributed by atoms with Gasteiger partial charge in [0, 0.05) is 17.4 Å². The van der Waals surface area contributed by atoms with Gasteiger partial charge in [-0.2, -0.15) is 0 Å². The molecule has 0 bridgehead atoms. The zero-order valence-corrected chi connectivity index (χ0v) is 15.2. The molecule has 1 atom stereocenters. The minimum atomic E-state index is -0.870. The lowest BCUT2D eigenvalue weighted by Crippen LogP contribution is -2.33. The summed E-state index contributed by atoms with van der Waals surface area (Å²) in [5.41, 5.74) is 1.18. The number of nitrogens with zero attached hydrogens (tertiary/aromatic N) is 1. The van der Waals surface area contributed by atoms with Crippen LogP contribution in [0.25, 0.3) is 10.9 Å². The molecule has 5 nitrogen and oxygen atoms in total. The molecule has 2 heterocycles. The molecule has 1 amide bonds. The van der Waals surface area contributed by atoms with Crippen LogP contribution < -0.4 is 10.9 Å². The van der Waals surface area contributed by atoms with E-state index in [1.807, 2.05) is 30.3 Å². The Bertz CT molecular complexity index is 1080. The molecule has 7 heteroatoms. The van der Waals surface area contributed by atoms with Crippen LogP contribution in [-0.2, 0) is 11.3 Å². The fraction of sp³-hybridized carbons (Fsp3) is 0.238. The summed E-state index contributed by atoms with van der Waals surface area (Å²) < 4.78 is 20.2. The van der Waals surface area contributed by atoms with Gasteiger partial charge in [-0.05, 0) is 30.5 Å². The number of hydrogen-bond acceptors (Lipinski definition) is 3. The van der Waals surface area contributed by atoms with Crippen molar-refractivity contribution in [3.63, 3.8) is 0 Å². The van der Waals surface area contributed by atoms with Crippen molar-refractivity contribution in [2.24, 2.45) is 0 Å². The molecule has 1 aliphatic rings. The van der Waals surface area contributed by atoms with Crippen molar-refractivity contribution in [1.29, 1.82) is 0 Å². The summed E-state index contributed by atoms with van der Waals surface area (Å²) in [6.07, 6.45) is 0.710. The van der Waals surface area contributed by atoms with Crippen molar-refractivity contribution in [3.8, 4) is 0 Å². The van der Waals surface area contributed by atoms with Gasteiger partial charge >= 0.3 is 6.09 Å². The number of aromatic nitrogens is 1. The van der Waals surface area contributed by atoms with E-state index in [1.165, 1.54) is 11.0 Å². The van der Waals surface area contributed by atoms with Crippen LogP contribution in [0.1, 0.15) is 30.1 Å². The number of likely N-dealkylation sites (tertiary alicyclic amines) is 1. The number of ether oxygens (including phenoxy) is 1. The van der Waals surface area contributed by atoms with Crippen molar-refractivity contribution in [1.82, 2.24) is 9.88 Å². The van der Waals surface area contributed by atoms with Gasteiger partial charge in [0.1, 0.15) is 14.5 Å². The third-order valence-electron chi connectivity index (χ3n) is 5.02. The van der Waals surface area contributed by atoms with Crippen LogP contribution in [0.2, 0.25) is 0 Å². The molecule has 1 unspecified atom stereocenters. The quantitative estimate of drug-likeness (QED) is 0.715. The molecule has 1 aliphatic heterocycles. The molecule has 1 aromatic heterocycles. The van der Waals surface area contributed by atoms with E-state index in [4.69, 9.17) is 12.6 Å². The Labute approximate surface area is 162 Å². The van der Waals surface area contributed by atoms with Crippen molar-refractivity contribution in [2.75, 3.05) is 6.54 Å². The number of pyridine rings is 1. The second kappa shape index (κ2) is 7.50. The number of halogens is 1. The third-order valence-corrected chi connectivity index (χ3v) is 5.02. The van der Waals surface area contributed by atoms with E-state index in [2.05, 4.69) is 4.98 Å². The van der Waals surface area contributed by atoms with E-state index in [9.17, 15) is 14.0 Å². The zero-order valence-electron chi connectivity index (χ0n) is 15.2. The molecule has 1 N–H and O–H groups in total. The lowest BCUT2D eigenvalue weighted by atomic mass is 9.94. The molecule has 0 saturated carbocycles. The minimum absolute atomic E-state index is 0.0947. The first kappa shape index (κ1) is 18.3. The normalized spacial score (nSPS) is 16.5. The maximum absolute atomic E-state index is 14.8. The average molecular weight is 376 g/mol. The highest BCUT2D eigenvalue weighted by molar-refractivity contribution is 6.33. The molecule has 1 saturated heterocycles. The summed E-state index contributed by atoms with van der Waals surface area (Å²) in [5, 5.41) is 0.228. The topological polar surface area (TPSA) is 62.4 Å². The van der Waals surface area contributed by atoms with Crippen LogP contribution in [0.3, 0.4) is 0 Å². The molecule has 0 aliphatic carbocycles. The second-order valence-corrected chi connectivity index (χ2v) is 6.88. The Morgan fingerprint density at radius 1 is 1.25 bits per heavy atom. The maximum atomic E-state index is 14.8. The highest BCUT2D eigenvalue weighted by atomic mass is 19.1. The third kappa shape index (κ3) is 3.40. The first-order valence-electron chi connectivity index (χ1n) is 9.13. The van der Waals surface area contributed by atoms with Gasteiger partial charge in [0.05, 0.1) is 11.7 Å². The van der Waals surface area contributed by atoms with Crippen LogP contribution in [-0.4, -0.2) is 30.4 Å². The highest BCUT2D eigenvalue weighted by Gasteiger charge is 2.34. The number of fused-ring (bicyclic) bond motifs is 1. The molecular formula is C21H18BFN2O3. The molecular weight excluding hydrogens is 358 g/mol. The second-order valence-electron chi connectivity index (χ2n) is 6.88. The van der Waals surface area contributed by atoms with Crippen molar-refractivity contribution in [3.05, 3.63) is 75.8 Å². The predicted molar refractivity (Wildman–Crippen MR) is 105 cm³/mol. The van der Waals surface area contributed by atoms with Gasteiger partial charge in [-0.3, -0.25) is 9.69 Å². The molecule has 2 radical (unpaired) electrons. The summed E-state index contributed by atoms with van der Waals surface area (Å²) in [7, 11) is 5.79. The van der Waals surface area contributed by atoms with E-state index in [-0.39, 0.29) is 17.7 Å². The number of rotatable bonds is 3. The summed E-state index contributed by atoms with van der Waals surface area (Å²) in [4.78, 5) is 29.5. The van der Waals surface area contributed by atoms with E-state index < -0.39 is 23.4 Å². The maximum Gasteiger partial charge on any atom is 0.410 e. The summed E-state index contributed by atoms with van der Waals surface area (Å²) in [5.74, 6) is -0.870. The number of hydrogen-bond donors (Lipinski definition) is 1. The van der Waals surface area contributed by atoms with E-state index in [0.29, 0.717) is 30.4 Å². The largest absolute Gasteiger partial charge is 0.445 e.